The summed E-state index contributed by atoms with van der Waals surface area (Å²) < 4.78 is 0. The summed E-state index contributed by atoms with van der Waals surface area (Å²) in [5.74, 6) is -0.868. The van der Waals surface area contributed by atoms with Crippen LogP contribution in [0.2, 0.25) is 15.1 Å². The van der Waals surface area contributed by atoms with E-state index in [1.807, 2.05) is 0 Å². The highest BCUT2D eigenvalue weighted by atomic mass is 35.5. The molecule has 3 nitrogen and oxygen atoms in total. The molecule has 0 bridgehead atoms. The van der Waals surface area contributed by atoms with Gasteiger partial charge in [0.1, 0.15) is 0 Å². The van der Waals surface area contributed by atoms with Gasteiger partial charge in [-0.2, -0.15) is 0 Å². The Labute approximate surface area is 203 Å². The topological polar surface area (TPSA) is 46.2 Å². The van der Waals surface area contributed by atoms with Crippen molar-refractivity contribution in [2.75, 3.05) is 0 Å². The number of benzene rings is 1. The van der Waals surface area contributed by atoms with Crippen LogP contribution in [0.3, 0.4) is 0 Å². The van der Waals surface area contributed by atoms with E-state index in [0.717, 1.165) is 19.3 Å². The number of rotatable bonds is 17. The van der Waals surface area contributed by atoms with Crippen LogP contribution < -0.4 is 5.32 Å². The first-order valence-electron chi connectivity index (χ1n) is 11.9. The second kappa shape index (κ2) is 17.7. The van der Waals surface area contributed by atoms with Crippen molar-refractivity contribution >= 4 is 46.6 Å². The first-order chi connectivity index (χ1) is 15.0. The second-order valence-electron chi connectivity index (χ2n) is 8.33. The van der Waals surface area contributed by atoms with E-state index in [-0.39, 0.29) is 21.5 Å². The SMILES string of the molecule is CCCCCCCCCCCCCCCCCC(=O)NC(=O)c1cc(Cl)cc(Cl)c1Cl. The molecular formula is C25H38Cl3NO2. The number of nitrogens with one attached hydrogen (secondary N) is 1. The molecule has 0 radical (unpaired) electrons. The van der Waals surface area contributed by atoms with Gasteiger partial charge in [0.25, 0.3) is 5.91 Å². The third-order valence-corrected chi connectivity index (χ3v) is 6.52. The molecule has 0 unspecified atom stereocenters. The number of imide groups is 1. The molecule has 0 fully saturated rings. The summed E-state index contributed by atoms with van der Waals surface area (Å²) >= 11 is 17.9. The minimum absolute atomic E-state index is 0.100. The van der Waals surface area contributed by atoms with Crippen molar-refractivity contribution in [2.24, 2.45) is 0 Å². The number of carbonyl (C=O) groups is 2. The summed E-state index contributed by atoms with van der Waals surface area (Å²) in [4.78, 5) is 24.2. The third kappa shape index (κ3) is 13.4. The van der Waals surface area contributed by atoms with Gasteiger partial charge in [-0.3, -0.25) is 14.9 Å². The fraction of sp³-hybridized carbons (Fsp3) is 0.680. The molecule has 31 heavy (non-hydrogen) atoms. The molecule has 6 heteroatoms. The van der Waals surface area contributed by atoms with Crippen LogP contribution >= 0.6 is 34.8 Å². The van der Waals surface area contributed by atoms with Crippen molar-refractivity contribution in [3.05, 3.63) is 32.8 Å². The van der Waals surface area contributed by atoms with Crippen molar-refractivity contribution in [3.63, 3.8) is 0 Å². The number of carbonyl (C=O) groups excluding carboxylic acids is 2. The highest BCUT2D eigenvalue weighted by Crippen LogP contribution is 2.29. The van der Waals surface area contributed by atoms with E-state index in [1.54, 1.807) is 0 Å². The smallest absolute Gasteiger partial charge is 0.259 e. The van der Waals surface area contributed by atoms with Crippen LogP contribution in [-0.4, -0.2) is 11.8 Å². The third-order valence-electron chi connectivity index (χ3n) is 5.50. The average molecular weight is 491 g/mol. The van der Waals surface area contributed by atoms with E-state index in [9.17, 15) is 9.59 Å². The Morgan fingerprint density at radius 2 is 1.16 bits per heavy atom. The van der Waals surface area contributed by atoms with Crippen molar-refractivity contribution in [1.82, 2.24) is 5.32 Å². The number of hydrogen-bond donors (Lipinski definition) is 1. The molecule has 0 atom stereocenters. The van der Waals surface area contributed by atoms with Gasteiger partial charge in [-0.1, -0.05) is 132 Å². The van der Waals surface area contributed by atoms with E-state index in [2.05, 4.69) is 12.2 Å². The standard InChI is InChI=1S/C25H38Cl3NO2/c1-2-3-4-5-6-7-8-9-10-11-12-13-14-15-16-17-23(30)29-25(31)21-18-20(26)19-22(27)24(21)28/h18-19H,2-17H2,1H3,(H,29,30,31). The minimum atomic E-state index is -0.569. The van der Waals surface area contributed by atoms with Crippen LogP contribution in [0.1, 0.15) is 120 Å². The zero-order chi connectivity index (χ0) is 22.9. The van der Waals surface area contributed by atoms with E-state index in [0.29, 0.717) is 11.4 Å². The van der Waals surface area contributed by atoms with Gasteiger partial charge in [-0.15, -0.1) is 0 Å². The van der Waals surface area contributed by atoms with Gasteiger partial charge in [-0.05, 0) is 18.6 Å². The van der Waals surface area contributed by atoms with Crippen molar-refractivity contribution in [2.45, 2.75) is 110 Å². The largest absolute Gasteiger partial charge is 0.292 e. The van der Waals surface area contributed by atoms with Gasteiger partial charge in [-0.25, -0.2) is 0 Å². The molecule has 2 amide bonds. The lowest BCUT2D eigenvalue weighted by Crippen LogP contribution is -2.30. The second-order valence-corrected chi connectivity index (χ2v) is 9.55. The molecular weight excluding hydrogens is 453 g/mol. The van der Waals surface area contributed by atoms with E-state index in [1.165, 1.54) is 89.2 Å². The van der Waals surface area contributed by atoms with Gasteiger partial charge in [0.05, 0.1) is 15.6 Å². The van der Waals surface area contributed by atoms with E-state index < -0.39 is 5.91 Å². The van der Waals surface area contributed by atoms with Crippen LogP contribution in [0.5, 0.6) is 0 Å². The summed E-state index contributed by atoms with van der Waals surface area (Å²) in [6, 6.07) is 2.87. The Morgan fingerprint density at radius 3 is 1.65 bits per heavy atom. The van der Waals surface area contributed by atoms with Crippen LogP contribution in [0, 0.1) is 0 Å². The van der Waals surface area contributed by atoms with E-state index >= 15 is 0 Å². The molecule has 1 N–H and O–H groups in total. The minimum Gasteiger partial charge on any atom is -0.292 e. The number of halogens is 3. The summed E-state index contributed by atoms with van der Waals surface area (Å²) in [6.07, 6.45) is 19.4. The van der Waals surface area contributed by atoms with Crippen molar-refractivity contribution in [3.8, 4) is 0 Å². The Morgan fingerprint density at radius 1 is 0.710 bits per heavy atom. The molecule has 0 aromatic heterocycles. The van der Waals surface area contributed by atoms with Crippen molar-refractivity contribution < 1.29 is 9.59 Å². The van der Waals surface area contributed by atoms with Gasteiger partial charge in [0.15, 0.2) is 0 Å². The zero-order valence-corrected chi connectivity index (χ0v) is 21.2. The molecule has 0 saturated carbocycles. The quantitative estimate of drug-likeness (QED) is 0.175. The van der Waals surface area contributed by atoms with Crippen LogP contribution in [0.25, 0.3) is 0 Å². The molecule has 0 heterocycles. The number of amides is 2. The highest BCUT2D eigenvalue weighted by molar-refractivity contribution is 6.45. The van der Waals surface area contributed by atoms with Gasteiger partial charge in [0, 0.05) is 11.4 Å². The van der Waals surface area contributed by atoms with E-state index in [4.69, 9.17) is 34.8 Å². The Bertz CT molecular complexity index is 664. The maximum absolute atomic E-state index is 12.2. The summed E-state index contributed by atoms with van der Waals surface area (Å²) in [7, 11) is 0. The van der Waals surface area contributed by atoms with Gasteiger partial charge < -0.3 is 0 Å². The Kier molecular flexibility index (Phi) is 16.2. The predicted octanol–water partition coefficient (Wildman–Crippen LogP) is 9.16. The van der Waals surface area contributed by atoms with Gasteiger partial charge >= 0.3 is 0 Å². The fourth-order valence-electron chi connectivity index (χ4n) is 3.63. The number of hydrogen-bond acceptors (Lipinski definition) is 2. The molecule has 0 aliphatic heterocycles. The maximum Gasteiger partial charge on any atom is 0.259 e. The average Bonchev–Trinajstić information content (AvgIpc) is 2.73. The molecule has 1 rings (SSSR count). The summed E-state index contributed by atoms with van der Waals surface area (Å²) in [5.41, 5.74) is 0.115. The summed E-state index contributed by atoms with van der Waals surface area (Å²) in [5, 5.41) is 2.95. The first kappa shape index (κ1) is 28.3. The first-order valence-corrected chi connectivity index (χ1v) is 13.1. The lowest BCUT2D eigenvalue weighted by atomic mass is 10.0. The number of unbranched alkanes of at least 4 members (excludes halogenated alkanes) is 14. The van der Waals surface area contributed by atoms with Crippen LogP contribution in [0.15, 0.2) is 12.1 Å². The summed E-state index contributed by atoms with van der Waals surface area (Å²) in [6.45, 7) is 2.26. The Hall–Kier alpha value is -0.770. The molecule has 176 valence electrons. The monoisotopic (exact) mass is 489 g/mol. The molecule has 0 aliphatic rings. The molecule has 0 aliphatic carbocycles. The van der Waals surface area contributed by atoms with Crippen molar-refractivity contribution in [1.29, 1.82) is 0 Å². The molecule has 1 aromatic carbocycles. The lowest BCUT2D eigenvalue weighted by molar-refractivity contribution is -0.120. The van der Waals surface area contributed by atoms with Crippen LogP contribution in [0.4, 0.5) is 0 Å². The highest BCUT2D eigenvalue weighted by Gasteiger charge is 2.16. The maximum atomic E-state index is 12.2. The predicted molar refractivity (Wildman–Crippen MR) is 133 cm³/mol. The Balaban J connectivity index is 1.99. The van der Waals surface area contributed by atoms with Gasteiger partial charge in [0.2, 0.25) is 5.91 Å². The molecule has 0 spiro atoms. The molecule has 1 aromatic rings. The lowest BCUT2D eigenvalue weighted by Gasteiger charge is -2.08. The van der Waals surface area contributed by atoms with Crippen LogP contribution in [-0.2, 0) is 4.79 Å². The zero-order valence-electron chi connectivity index (χ0n) is 18.9. The molecule has 0 saturated heterocycles. The normalized spacial score (nSPS) is 11.0. The fourth-order valence-corrected chi connectivity index (χ4v) is 4.32.